The Kier molecular flexibility index (Phi) is 2.27. The Morgan fingerprint density at radius 1 is 1.70 bits per heavy atom. The summed E-state index contributed by atoms with van der Waals surface area (Å²) in [6.07, 6.45) is 0.505. The Bertz CT molecular complexity index is 127. The minimum absolute atomic E-state index is 0.0308. The molecule has 1 aliphatic heterocycles. The van der Waals surface area contributed by atoms with E-state index in [1.54, 1.807) is 0 Å². The highest BCUT2D eigenvalue weighted by Crippen LogP contribution is 2.12. The van der Waals surface area contributed by atoms with Crippen LogP contribution >= 0.6 is 0 Å². The van der Waals surface area contributed by atoms with Crippen molar-refractivity contribution in [2.45, 2.75) is 32.5 Å². The van der Waals surface area contributed by atoms with Crippen LogP contribution in [0.25, 0.3) is 0 Å². The van der Waals surface area contributed by atoms with Gasteiger partial charge in [-0.1, -0.05) is 0 Å². The molecule has 58 valence electrons. The van der Waals surface area contributed by atoms with Crippen LogP contribution in [0.15, 0.2) is 0 Å². The molecule has 0 saturated carbocycles. The van der Waals surface area contributed by atoms with Gasteiger partial charge < -0.3 is 9.47 Å². The molecule has 1 saturated heterocycles. The number of carbonyl (C=O) groups is 1. The fraction of sp³-hybridized carbons (Fsp3) is 0.857. The van der Waals surface area contributed by atoms with Crippen LogP contribution in [0.2, 0.25) is 0 Å². The van der Waals surface area contributed by atoms with Crippen LogP contribution < -0.4 is 0 Å². The zero-order valence-corrected chi connectivity index (χ0v) is 6.29. The first-order chi connectivity index (χ1) is 4.70. The second-order valence-electron chi connectivity index (χ2n) is 2.63. The quantitative estimate of drug-likeness (QED) is 0.536. The average Bonchev–Trinajstić information content (AvgIpc) is 1.55. The summed E-state index contributed by atoms with van der Waals surface area (Å²) in [6.45, 7) is 4.35. The van der Waals surface area contributed by atoms with Gasteiger partial charge in [-0.2, -0.15) is 0 Å². The SMILES string of the molecule is CC(C)OC(=O)C1CCO1. The predicted octanol–water partition coefficient (Wildman–Crippen LogP) is 0.727. The minimum atomic E-state index is -0.276. The van der Waals surface area contributed by atoms with Gasteiger partial charge in [0, 0.05) is 6.42 Å². The van der Waals surface area contributed by atoms with Crippen LogP contribution in [0.3, 0.4) is 0 Å². The van der Waals surface area contributed by atoms with Crippen molar-refractivity contribution in [3.05, 3.63) is 0 Å². The van der Waals surface area contributed by atoms with Gasteiger partial charge in [-0.15, -0.1) is 0 Å². The van der Waals surface area contributed by atoms with Gasteiger partial charge in [0.05, 0.1) is 12.7 Å². The Morgan fingerprint density at radius 3 is 2.60 bits per heavy atom. The van der Waals surface area contributed by atoms with Crippen LogP contribution in [0.1, 0.15) is 20.3 Å². The van der Waals surface area contributed by atoms with Crippen molar-refractivity contribution in [2.24, 2.45) is 0 Å². The molecule has 1 atom stereocenters. The third kappa shape index (κ3) is 1.70. The van der Waals surface area contributed by atoms with Gasteiger partial charge in [0.2, 0.25) is 0 Å². The van der Waals surface area contributed by atoms with Crippen LogP contribution in [0, 0.1) is 0 Å². The third-order valence-electron chi connectivity index (χ3n) is 1.31. The van der Waals surface area contributed by atoms with Gasteiger partial charge in [0.25, 0.3) is 0 Å². The molecule has 0 spiro atoms. The Labute approximate surface area is 60.3 Å². The molecule has 1 rings (SSSR count). The molecule has 3 heteroatoms. The van der Waals surface area contributed by atoms with Crippen LogP contribution in [0.4, 0.5) is 0 Å². The van der Waals surface area contributed by atoms with E-state index in [9.17, 15) is 4.79 Å². The van der Waals surface area contributed by atoms with Gasteiger partial charge in [-0.25, -0.2) is 4.79 Å². The van der Waals surface area contributed by atoms with E-state index in [0.717, 1.165) is 6.42 Å². The summed E-state index contributed by atoms with van der Waals surface area (Å²) in [5.74, 6) is -0.221. The maximum Gasteiger partial charge on any atom is 0.335 e. The van der Waals surface area contributed by atoms with E-state index in [0.29, 0.717) is 6.61 Å². The standard InChI is InChI=1S/C7H12O3/c1-5(2)10-7(8)6-3-4-9-6/h5-6H,3-4H2,1-2H3. The van der Waals surface area contributed by atoms with Gasteiger partial charge in [0.15, 0.2) is 6.10 Å². The van der Waals surface area contributed by atoms with Gasteiger partial charge >= 0.3 is 5.97 Å². The molecule has 0 radical (unpaired) electrons. The monoisotopic (exact) mass is 144 g/mol. The summed E-state index contributed by atoms with van der Waals surface area (Å²) in [5, 5.41) is 0. The highest BCUT2D eigenvalue weighted by Gasteiger charge is 2.28. The van der Waals surface area contributed by atoms with E-state index in [1.807, 2.05) is 13.8 Å². The lowest BCUT2D eigenvalue weighted by Crippen LogP contribution is -2.37. The molecule has 1 unspecified atom stereocenters. The molecular weight excluding hydrogens is 132 g/mol. The molecule has 10 heavy (non-hydrogen) atoms. The molecule has 0 aliphatic carbocycles. The maximum absolute atomic E-state index is 10.9. The average molecular weight is 144 g/mol. The van der Waals surface area contributed by atoms with Crippen LogP contribution in [0.5, 0.6) is 0 Å². The zero-order chi connectivity index (χ0) is 7.56. The first-order valence-corrected chi connectivity index (χ1v) is 3.52. The summed E-state index contributed by atoms with van der Waals surface area (Å²) < 4.78 is 9.81. The second kappa shape index (κ2) is 3.01. The molecule has 1 heterocycles. The second-order valence-corrected chi connectivity index (χ2v) is 2.63. The normalized spacial score (nSPS) is 24.1. The van der Waals surface area contributed by atoms with Gasteiger partial charge in [0.1, 0.15) is 0 Å². The number of esters is 1. The van der Waals surface area contributed by atoms with E-state index in [2.05, 4.69) is 0 Å². The fourth-order valence-electron chi connectivity index (χ4n) is 0.730. The third-order valence-corrected chi connectivity index (χ3v) is 1.31. The molecule has 0 N–H and O–H groups in total. The predicted molar refractivity (Wildman–Crippen MR) is 35.6 cm³/mol. The van der Waals surface area contributed by atoms with Crippen molar-refractivity contribution in [3.63, 3.8) is 0 Å². The molecule has 0 aromatic heterocycles. The van der Waals surface area contributed by atoms with E-state index >= 15 is 0 Å². The van der Waals surface area contributed by atoms with E-state index < -0.39 is 0 Å². The van der Waals surface area contributed by atoms with Gasteiger partial charge in [-0.3, -0.25) is 0 Å². The van der Waals surface area contributed by atoms with Crippen molar-refractivity contribution in [3.8, 4) is 0 Å². The minimum Gasteiger partial charge on any atom is -0.461 e. The van der Waals surface area contributed by atoms with Crippen molar-refractivity contribution < 1.29 is 14.3 Å². The summed E-state index contributed by atoms with van der Waals surface area (Å²) in [6, 6.07) is 0. The zero-order valence-electron chi connectivity index (χ0n) is 6.29. The van der Waals surface area contributed by atoms with Crippen molar-refractivity contribution in [2.75, 3.05) is 6.61 Å². The summed E-state index contributed by atoms with van der Waals surface area (Å²) >= 11 is 0. The van der Waals surface area contributed by atoms with Crippen LogP contribution in [-0.2, 0) is 14.3 Å². The summed E-state index contributed by atoms with van der Waals surface area (Å²) in [7, 11) is 0. The van der Waals surface area contributed by atoms with Crippen molar-refractivity contribution in [1.29, 1.82) is 0 Å². The number of carbonyl (C=O) groups excluding carboxylic acids is 1. The summed E-state index contributed by atoms with van der Waals surface area (Å²) in [5.41, 5.74) is 0. The molecule has 3 nitrogen and oxygen atoms in total. The lowest BCUT2D eigenvalue weighted by atomic mass is 10.2. The number of hydrogen-bond acceptors (Lipinski definition) is 3. The Morgan fingerprint density at radius 2 is 2.30 bits per heavy atom. The number of hydrogen-bond donors (Lipinski definition) is 0. The van der Waals surface area contributed by atoms with E-state index in [-0.39, 0.29) is 18.2 Å². The first kappa shape index (κ1) is 7.54. The van der Waals surface area contributed by atoms with Crippen molar-refractivity contribution >= 4 is 5.97 Å². The molecule has 1 aliphatic rings. The van der Waals surface area contributed by atoms with Crippen LogP contribution in [-0.4, -0.2) is 24.8 Å². The largest absolute Gasteiger partial charge is 0.461 e. The molecular formula is C7H12O3. The topological polar surface area (TPSA) is 35.5 Å². The number of ether oxygens (including phenoxy) is 2. The highest BCUT2D eigenvalue weighted by atomic mass is 16.6. The summed E-state index contributed by atoms with van der Waals surface area (Å²) in [4.78, 5) is 10.9. The van der Waals surface area contributed by atoms with Crippen molar-refractivity contribution in [1.82, 2.24) is 0 Å². The molecule has 1 fully saturated rings. The molecule has 0 aromatic rings. The molecule has 0 bridgehead atoms. The van der Waals surface area contributed by atoms with Gasteiger partial charge in [-0.05, 0) is 13.8 Å². The smallest absolute Gasteiger partial charge is 0.335 e. The first-order valence-electron chi connectivity index (χ1n) is 3.52. The number of rotatable bonds is 2. The molecule has 0 amide bonds. The van der Waals surface area contributed by atoms with E-state index in [4.69, 9.17) is 9.47 Å². The van der Waals surface area contributed by atoms with E-state index in [1.165, 1.54) is 0 Å². The molecule has 0 aromatic carbocycles. The lowest BCUT2D eigenvalue weighted by molar-refractivity contribution is -0.173. The Hall–Kier alpha value is -0.570. The fourth-order valence-corrected chi connectivity index (χ4v) is 0.730. The maximum atomic E-state index is 10.9. The highest BCUT2D eigenvalue weighted by molar-refractivity contribution is 5.75. The Balaban J connectivity index is 2.20. The lowest BCUT2D eigenvalue weighted by Gasteiger charge is -2.24.